The average molecular weight is 296 g/mol. The lowest BCUT2D eigenvalue weighted by molar-refractivity contribution is -0.131. The van der Waals surface area contributed by atoms with Crippen molar-refractivity contribution >= 4 is 17.2 Å². The number of ether oxygens (including phenoxy) is 2. The van der Waals surface area contributed by atoms with Crippen molar-refractivity contribution in [3.63, 3.8) is 0 Å². The summed E-state index contributed by atoms with van der Waals surface area (Å²) in [4.78, 5) is 15.3. The Labute approximate surface area is 122 Å². The maximum atomic E-state index is 12.0. The predicted molar refractivity (Wildman–Crippen MR) is 76.7 cm³/mol. The van der Waals surface area contributed by atoms with Crippen LogP contribution in [0.2, 0.25) is 0 Å². The molecule has 0 radical (unpaired) electrons. The highest BCUT2D eigenvalue weighted by Crippen LogP contribution is 2.27. The van der Waals surface area contributed by atoms with Gasteiger partial charge in [0.15, 0.2) is 0 Å². The van der Waals surface area contributed by atoms with Crippen molar-refractivity contribution in [1.29, 1.82) is 0 Å². The molecule has 2 aliphatic heterocycles. The van der Waals surface area contributed by atoms with Gasteiger partial charge in [-0.3, -0.25) is 9.69 Å². The summed E-state index contributed by atoms with van der Waals surface area (Å²) in [5.74, 6) is 0.0781. The number of hydrogen-bond acceptors (Lipinski definition) is 5. The Morgan fingerprint density at radius 2 is 2.45 bits per heavy atom. The van der Waals surface area contributed by atoms with Crippen LogP contribution in [-0.2, 0) is 20.8 Å². The topological polar surface area (TPSA) is 50.8 Å². The Balaban J connectivity index is 1.46. The maximum Gasteiger partial charge on any atom is 0.234 e. The number of nitrogens with zero attached hydrogens (tertiary/aromatic N) is 1. The Morgan fingerprint density at radius 3 is 3.20 bits per heavy atom. The number of rotatable bonds is 4. The quantitative estimate of drug-likeness (QED) is 0.895. The normalized spacial score (nSPS) is 27.0. The fraction of sp³-hybridized carbons (Fsp3) is 0.643. The van der Waals surface area contributed by atoms with Crippen LogP contribution in [0.3, 0.4) is 0 Å². The molecule has 1 aromatic heterocycles. The summed E-state index contributed by atoms with van der Waals surface area (Å²) in [7, 11) is 0. The predicted octanol–water partition coefficient (Wildman–Crippen LogP) is 0.856. The first-order valence-corrected chi connectivity index (χ1v) is 7.87. The van der Waals surface area contributed by atoms with Crippen molar-refractivity contribution in [2.75, 3.05) is 39.5 Å². The van der Waals surface area contributed by atoms with E-state index in [2.05, 4.69) is 10.2 Å². The van der Waals surface area contributed by atoms with Gasteiger partial charge >= 0.3 is 0 Å². The number of amides is 1. The molecule has 1 spiro atoms. The van der Waals surface area contributed by atoms with Gasteiger partial charge in [-0.05, 0) is 11.4 Å². The fourth-order valence-electron chi connectivity index (χ4n) is 2.74. The summed E-state index contributed by atoms with van der Waals surface area (Å²) in [6, 6.07) is 4.03. The molecular formula is C14H20N2O3S. The molecule has 0 aromatic carbocycles. The lowest BCUT2D eigenvalue weighted by atomic mass is 10.0. The molecule has 2 fully saturated rings. The Morgan fingerprint density at radius 1 is 1.50 bits per heavy atom. The SMILES string of the molecule is O=C(CN1CCOC2(CCOC2)C1)NCc1cccs1. The lowest BCUT2D eigenvalue weighted by Crippen LogP contribution is -2.54. The first-order valence-electron chi connectivity index (χ1n) is 6.99. The van der Waals surface area contributed by atoms with Gasteiger partial charge < -0.3 is 14.8 Å². The number of carbonyl (C=O) groups is 1. The second-order valence-electron chi connectivity index (χ2n) is 5.40. The molecule has 3 rings (SSSR count). The Hall–Kier alpha value is -0.950. The summed E-state index contributed by atoms with van der Waals surface area (Å²) in [6.45, 7) is 4.76. The second kappa shape index (κ2) is 6.22. The van der Waals surface area contributed by atoms with Gasteiger partial charge in [-0.25, -0.2) is 0 Å². The largest absolute Gasteiger partial charge is 0.378 e. The van der Waals surface area contributed by atoms with Crippen LogP contribution in [0.1, 0.15) is 11.3 Å². The first-order chi connectivity index (χ1) is 9.76. The molecule has 5 nitrogen and oxygen atoms in total. The third-order valence-corrected chi connectivity index (χ3v) is 4.68. The highest BCUT2D eigenvalue weighted by atomic mass is 32.1. The monoisotopic (exact) mass is 296 g/mol. The van der Waals surface area contributed by atoms with Crippen molar-refractivity contribution < 1.29 is 14.3 Å². The van der Waals surface area contributed by atoms with Gasteiger partial charge in [-0.1, -0.05) is 6.07 Å². The smallest absolute Gasteiger partial charge is 0.234 e. The molecule has 0 saturated carbocycles. The van der Waals surface area contributed by atoms with Crippen molar-refractivity contribution in [3.8, 4) is 0 Å². The van der Waals surface area contributed by atoms with E-state index < -0.39 is 0 Å². The van der Waals surface area contributed by atoms with Gasteiger partial charge in [0.1, 0.15) is 5.60 Å². The molecule has 1 unspecified atom stereocenters. The molecule has 3 heterocycles. The van der Waals surface area contributed by atoms with Crippen LogP contribution < -0.4 is 5.32 Å². The molecule has 20 heavy (non-hydrogen) atoms. The fourth-order valence-corrected chi connectivity index (χ4v) is 3.39. The molecule has 2 aliphatic rings. The van der Waals surface area contributed by atoms with Crippen LogP contribution in [0.25, 0.3) is 0 Å². The molecule has 110 valence electrons. The maximum absolute atomic E-state index is 12.0. The molecule has 2 saturated heterocycles. The number of hydrogen-bond donors (Lipinski definition) is 1. The molecular weight excluding hydrogens is 276 g/mol. The molecule has 0 aliphatic carbocycles. The summed E-state index contributed by atoms with van der Waals surface area (Å²) in [6.07, 6.45) is 0.931. The van der Waals surface area contributed by atoms with E-state index >= 15 is 0 Å². The average Bonchev–Trinajstić information content (AvgIpc) is 3.09. The number of nitrogens with one attached hydrogen (secondary N) is 1. The van der Waals surface area contributed by atoms with E-state index in [0.717, 1.165) is 26.1 Å². The van der Waals surface area contributed by atoms with E-state index in [9.17, 15) is 4.79 Å². The molecule has 1 aromatic rings. The van der Waals surface area contributed by atoms with Gasteiger partial charge in [0.05, 0.1) is 26.3 Å². The molecule has 1 amide bonds. The summed E-state index contributed by atoms with van der Waals surface area (Å²) < 4.78 is 11.3. The van der Waals surface area contributed by atoms with E-state index in [1.807, 2.05) is 17.5 Å². The number of morpholine rings is 1. The van der Waals surface area contributed by atoms with Crippen LogP contribution in [0, 0.1) is 0 Å². The van der Waals surface area contributed by atoms with Gasteiger partial charge in [-0.2, -0.15) is 0 Å². The van der Waals surface area contributed by atoms with Crippen molar-refractivity contribution in [3.05, 3.63) is 22.4 Å². The van der Waals surface area contributed by atoms with E-state index in [0.29, 0.717) is 26.3 Å². The minimum Gasteiger partial charge on any atom is -0.378 e. The minimum absolute atomic E-state index is 0.0781. The standard InChI is InChI=1S/C14H20N2O3S/c17-13(15-8-12-2-1-7-20-12)9-16-4-6-19-14(10-16)3-5-18-11-14/h1-2,7H,3-6,8-11H2,(H,15,17). The zero-order valence-electron chi connectivity index (χ0n) is 11.5. The van der Waals surface area contributed by atoms with E-state index in [1.165, 1.54) is 4.88 Å². The molecule has 1 atom stereocenters. The van der Waals surface area contributed by atoms with Crippen molar-refractivity contribution in [2.24, 2.45) is 0 Å². The van der Waals surface area contributed by atoms with Crippen molar-refractivity contribution in [1.82, 2.24) is 10.2 Å². The van der Waals surface area contributed by atoms with Crippen LogP contribution >= 0.6 is 11.3 Å². The van der Waals surface area contributed by atoms with Gasteiger partial charge in [-0.15, -0.1) is 11.3 Å². The summed E-state index contributed by atoms with van der Waals surface area (Å²) >= 11 is 1.66. The Bertz CT molecular complexity index is 443. The summed E-state index contributed by atoms with van der Waals surface area (Å²) in [5.41, 5.74) is -0.174. The highest BCUT2D eigenvalue weighted by molar-refractivity contribution is 7.09. The van der Waals surface area contributed by atoms with Gasteiger partial charge in [0, 0.05) is 31.0 Å². The van der Waals surface area contributed by atoms with Crippen molar-refractivity contribution in [2.45, 2.75) is 18.6 Å². The van der Waals surface area contributed by atoms with E-state index in [1.54, 1.807) is 11.3 Å². The van der Waals surface area contributed by atoms with Crippen LogP contribution in [-0.4, -0.2) is 55.9 Å². The number of carbonyl (C=O) groups excluding carboxylic acids is 1. The number of thiophene rings is 1. The highest BCUT2D eigenvalue weighted by Gasteiger charge is 2.40. The molecule has 0 bridgehead atoms. The minimum atomic E-state index is -0.174. The Kier molecular flexibility index (Phi) is 4.35. The second-order valence-corrected chi connectivity index (χ2v) is 6.43. The van der Waals surface area contributed by atoms with Crippen LogP contribution in [0.4, 0.5) is 0 Å². The third-order valence-electron chi connectivity index (χ3n) is 3.80. The van der Waals surface area contributed by atoms with E-state index in [-0.39, 0.29) is 11.5 Å². The van der Waals surface area contributed by atoms with Crippen LogP contribution in [0.5, 0.6) is 0 Å². The molecule has 1 N–H and O–H groups in total. The first kappa shape index (κ1) is 14.0. The summed E-state index contributed by atoms with van der Waals surface area (Å²) in [5, 5.41) is 4.99. The zero-order chi connectivity index (χ0) is 13.8. The van der Waals surface area contributed by atoms with Crippen LogP contribution in [0.15, 0.2) is 17.5 Å². The zero-order valence-corrected chi connectivity index (χ0v) is 12.3. The van der Waals surface area contributed by atoms with Gasteiger partial charge in [0.25, 0.3) is 0 Å². The third kappa shape index (κ3) is 3.38. The lowest BCUT2D eigenvalue weighted by Gasteiger charge is -2.39. The van der Waals surface area contributed by atoms with E-state index in [4.69, 9.17) is 9.47 Å². The molecule has 6 heteroatoms. The van der Waals surface area contributed by atoms with Gasteiger partial charge in [0.2, 0.25) is 5.91 Å².